The lowest BCUT2D eigenvalue weighted by Gasteiger charge is -2.07. The number of aromatic amines is 2. The van der Waals surface area contributed by atoms with Crippen molar-refractivity contribution in [2.75, 3.05) is 19.5 Å². The summed E-state index contributed by atoms with van der Waals surface area (Å²) in [4.78, 5) is 0. The van der Waals surface area contributed by atoms with Crippen LogP contribution in [0.3, 0.4) is 0 Å². The number of benzene rings is 2. The summed E-state index contributed by atoms with van der Waals surface area (Å²) >= 11 is 3.45. The van der Waals surface area contributed by atoms with Crippen LogP contribution in [0, 0.1) is 0 Å². The van der Waals surface area contributed by atoms with Gasteiger partial charge in [0.25, 0.3) is 0 Å². The fraction of sp³-hybridized carbons (Fsp3) is 0.111. The smallest absolute Gasteiger partial charge is 0.161 e. The molecule has 0 saturated heterocycles. The quantitative estimate of drug-likeness (QED) is 0.456. The predicted octanol–water partition coefficient (Wildman–Crippen LogP) is 5.12. The van der Waals surface area contributed by atoms with Crippen LogP contribution in [0.5, 0.6) is 11.5 Å². The maximum absolute atomic E-state index is 5.41. The average Bonchev–Trinajstić information content (AvgIpc) is 3.15. The van der Waals surface area contributed by atoms with Gasteiger partial charge in [0.15, 0.2) is 11.5 Å². The van der Waals surface area contributed by atoms with E-state index in [9.17, 15) is 0 Å². The summed E-state index contributed by atoms with van der Waals surface area (Å²) in [6, 6.07) is 14.2. The lowest BCUT2D eigenvalue weighted by molar-refractivity contribution is 0.356. The highest BCUT2D eigenvalue weighted by Crippen LogP contribution is 2.42. The Kier molecular flexibility index (Phi) is 3.61. The molecule has 4 rings (SSSR count). The van der Waals surface area contributed by atoms with Crippen molar-refractivity contribution in [2.24, 2.45) is 0 Å². The molecule has 1 aliphatic carbocycles. The highest BCUT2D eigenvalue weighted by Gasteiger charge is 2.19. The van der Waals surface area contributed by atoms with Gasteiger partial charge in [0, 0.05) is 21.1 Å². The van der Waals surface area contributed by atoms with Crippen LogP contribution in [0.1, 0.15) is 0 Å². The molecule has 0 atom stereocenters. The number of H-pyrrole nitrogens is 2. The molecule has 0 bridgehead atoms. The summed E-state index contributed by atoms with van der Waals surface area (Å²) in [5, 5.41) is 12.0. The number of methoxy groups -OCH3 is 2. The first-order chi connectivity index (χ1) is 11.7. The van der Waals surface area contributed by atoms with Crippen LogP contribution >= 0.6 is 15.9 Å². The van der Waals surface area contributed by atoms with E-state index >= 15 is 0 Å². The molecule has 1 aliphatic heterocycles. The number of ether oxygens (including phenoxy) is 2. The molecule has 24 heavy (non-hydrogen) atoms. The Morgan fingerprint density at radius 3 is 2.33 bits per heavy atom. The SMILES string of the molecule is COc1cc2cc3c(Nc4ccc(Br)cc4)[nH][nH]c-3c2cc1OC. The standard InChI is InChI=1S/C18H16BrN3O2/c1-23-15-8-10-7-14-17(13(10)9-16(15)24-2)21-22-18(14)20-12-5-3-11(19)4-6-12/h3-9,20-22H,1-2H3. The van der Waals surface area contributed by atoms with Crippen molar-refractivity contribution in [2.45, 2.75) is 0 Å². The molecule has 0 unspecified atom stereocenters. The number of hydrogen-bond acceptors (Lipinski definition) is 3. The molecule has 0 amide bonds. The molecule has 0 aromatic heterocycles. The van der Waals surface area contributed by atoms with E-state index in [0.717, 1.165) is 49.5 Å². The molecule has 0 saturated carbocycles. The molecule has 0 radical (unpaired) electrons. The lowest BCUT2D eigenvalue weighted by atomic mass is 10.2. The summed E-state index contributed by atoms with van der Waals surface area (Å²) in [5.74, 6) is 2.36. The number of rotatable bonds is 4. The van der Waals surface area contributed by atoms with Crippen LogP contribution in [0.4, 0.5) is 11.5 Å². The van der Waals surface area contributed by atoms with E-state index in [2.05, 4.69) is 37.5 Å². The van der Waals surface area contributed by atoms with Gasteiger partial charge in [-0.05, 0) is 47.9 Å². The minimum Gasteiger partial charge on any atom is -0.493 e. The molecular formula is C18H16BrN3O2. The second-order valence-corrected chi connectivity index (χ2v) is 6.40. The first-order valence-electron chi connectivity index (χ1n) is 7.47. The van der Waals surface area contributed by atoms with E-state index in [1.807, 2.05) is 36.4 Å². The largest absolute Gasteiger partial charge is 0.493 e. The van der Waals surface area contributed by atoms with Crippen molar-refractivity contribution >= 4 is 38.2 Å². The van der Waals surface area contributed by atoms with Gasteiger partial charge in [-0.1, -0.05) is 15.9 Å². The van der Waals surface area contributed by atoms with Gasteiger partial charge in [-0.2, -0.15) is 0 Å². The topological polar surface area (TPSA) is 62.1 Å². The maximum Gasteiger partial charge on any atom is 0.161 e. The summed E-state index contributed by atoms with van der Waals surface area (Å²) in [6.07, 6.45) is 0. The van der Waals surface area contributed by atoms with Crippen molar-refractivity contribution in [3.8, 4) is 22.8 Å². The normalized spacial score (nSPS) is 11.1. The molecular weight excluding hydrogens is 370 g/mol. The van der Waals surface area contributed by atoms with Gasteiger partial charge in [-0.3, -0.25) is 10.2 Å². The highest BCUT2D eigenvalue weighted by atomic mass is 79.9. The van der Waals surface area contributed by atoms with Gasteiger partial charge in [0.2, 0.25) is 0 Å². The summed E-state index contributed by atoms with van der Waals surface area (Å²) in [6.45, 7) is 0. The molecule has 1 heterocycles. The predicted molar refractivity (Wildman–Crippen MR) is 99.8 cm³/mol. The third-order valence-electron chi connectivity index (χ3n) is 4.09. The highest BCUT2D eigenvalue weighted by molar-refractivity contribution is 9.10. The zero-order valence-electron chi connectivity index (χ0n) is 13.2. The van der Waals surface area contributed by atoms with Crippen molar-refractivity contribution < 1.29 is 9.47 Å². The Bertz CT molecular complexity index is 972. The zero-order chi connectivity index (χ0) is 16.7. The van der Waals surface area contributed by atoms with Crippen molar-refractivity contribution in [1.82, 2.24) is 10.2 Å². The number of aromatic nitrogens is 2. The zero-order valence-corrected chi connectivity index (χ0v) is 14.8. The van der Waals surface area contributed by atoms with Crippen LogP contribution in [0.25, 0.3) is 22.0 Å². The number of nitrogens with one attached hydrogen (secondary N) is 3. The summed E-state index contributed by atoms with van der Waals surface area (Å²) < 4.78 is 11.8. The van der Waals surface area contributed by atoms with Gasteiger partial charge in [0.05, 0.1) is 19.9 Å². The molecule has 3 N–H and O–H groups in total. The molecule has 0 fully saturated rings. The van der Waals surface area contributed by atoms with Gasteiger partial charge < -0.3 is 14.8 Å². The minimum atomic E-state index is 0.717. The monoisotopic (exact) mass is 385 g/mol. The van der Waals surface area contributed by atoms with Crippen molar-refractivity contribution in [1.29, 1.82) is 0 Å². The molecule has 5 nitrogen and oxygen atoms in total. The number of fused-ring (bicyclic) bond motifs is 3. The van der Waals surface area contributed by atoms with Crippen molar-refractivity contribution in [3.63, 3.8) is 0 Å². The van der Waals surface area contributed by atoms with E-state index in [0.29, 0.717) is 0 Å². The number of halogens is 1. The van der Waals surface area contributed by atoms with Gasteiger partial charge in [0.1, 0.15) is 5.82 Å². The van der Waals surface area contributed by atoms with E-state index < -0.39 is 0 Å². The Balaban J connectivity index is 1.78. The third-order valence-corrected chi connectivity index (χ3v) is 4.62. The molecule has 2 aromatic rings. The van der Waals surface area contributed by atoms with Gasteiger partial charge in [-0.25, -0.2) is 0 Å². The van der Waals surface area contributed by atoms with Gasteiger partial charge >= 0.3 is 0 Å². The molecule has 2 aromatic carbocycles. The molecule has 6 heteroatoms. The Morgan fingerprint density at radius 2 is 1.62 bits per heavy atom. The number of anilines is 2. The van der Waals surface area contributed by atoms with Crippen LogP contribution < -0.4 is 14.8 Å². The average molecular weight is 386 g/mol. The Labute approximate surface area is 147 Å². The lowest BCUT2D eigenvalue weighted by Crippen LogP contribution is -1.90. The van der Waals surface area contributed by atoms with E-state index in [1.54, 1.807) is 14.2 Å². The van der Waals surface area contributed by atoms with Crippen LogP contribution in [0.2, 0.25) is 0 Å². The van der Waals surface area contributed by atoms with E-state index in [4.69, 9.17) is 9.47 Å². The Morgan fingerprint density at radius 1 is 0.917 bits per heavy atom. The van der Waals surface area contributed by atoms with Crippen molar-refractivity contribution in [3.05, 3.63) is 46.9 Å². The maximum atomic E-state index is 5.41. The minimum absolute atomic E-state index is 0.717. The summed E-state index contributed by atoms with van der Waals surface area (Å²) in [5.41, 5.74) is 3.13. The van der Waals surface area contributed by atoms with Crippen LogP contribution in [-0.2, 0) is 0 Å². The third kappa shape index (κ3) is 2.39. The van der Waals surface area contributed by atoms with Crippen LogP contribution in [-0.4, -0.2) is 24.4 Å². The van der Waals surface area contributed by atoms with Crippen LogP contribution in [0.15, 0.2) is 46.9 Å². The molecule has 2 aliphatic rings. The van der Waals surface area contributed by atoms with E-state index in [1.165, 1.54) is 0 Å². The second kappa shape index (κ2) is 5.79. The molecule has 122 valence electrons. The number of hydrogen-bond donors (Lipinski definition) is 3. The van der Waals surface area contributed by atoms with E-state index in [-0.39, 0.29) is 0 Å². The summed E-state index contributed by atoms with van der Waals surface area (Å²) in [7, 11) is 3.29. The first kappa shape index (κ1) is 15.0. The van der Waals surface area contributed by atoms with Gasteiger partial charge in [-0.15, -0.1) is 0 Å². The Hall–Kier alpha value is -2.60. The fourth-order valence-electron chi connectivity index (χ4n) is 2.90. The fourth-order valence-corrected chi connectivity index (χ4v) is 3.17. The molecule has 0 spiro atoms. The first-order valence-corrected chi connectivity index (χ1v) is 8.26. The second-order valence-electron chi connectivity index (χ2n) is 5.48.